The number of carbonyl (C=O) groups is 1. The summed E-state index contributed by atoms with van der Waals surface area (Å²) in [5.74, 6) is 0.217. The molecule has 0 saturated carbocycles. The van der Waals surface area contributed by atoms with Gasteiger partial charge < -0.3 is 10.6 Å². The van der Waals surface area contributed by atoms with E-state index in [0.29, 0.717) is 19.5 Å². The number of hydrogen-bond donors (Lipinski definition) is 1. The van der Waals surface area contributed by atoms with Crippen molar-refractivity contribution in [2.75, 3.05) is 19.6 Å². The highest BCUT2D eigenvalue weighted by atomic mass is 16.2. The molecule has 0 unspecified atom stereocenters. The van der Waals surface area contributed by atoms with Gasteiger partial charge in [-0.2, -0.15) is 0 Å². The highest BCUT2D eigenvalue weighted by molar-refractivity contribution is 5.76. The van der Waals surface area contributed by atoms with Gasteiger partial charge in [0.15, 0.2) is 0 Å². The van der Waals surface area contributed by atoms with Crippen LogP contribution < -0.4 is 5.73 Å². The minimum absolute atomic E-state index is 0.217. The van der Waals surface area contributed by atoms with Crippen molar-refractivity contribution < 1.29 is 4.79 Å². The maximum absolute atomic E-state index is 11.8. The van der Waals surface area contributed by atoms with Gasteiger partial charge in [0.2, 0.25) is 5.91 Å². The molecule has 0 spiro atoms. The number of nitrogens with zero attached hydrogens (tertiary/aromatic N) is 1. The van der Waals surface area contributed by atoms with Gasteiger partial charge >= 0.3 is 0 Å². The second-order valence-corrected chi connectivity index (χ2v) is 4.16. The predicted molar refractivity (Wildman–Crippen MR) is 70.7 cm³/mol. The van der Waals surface area contributed by atoms with Gasteiger partial charge in [0.1, 0.15) is 0 Å². The Kier molecular flexibility index (Phi) is 6.33. The lowest BCUT2D eigenvalue weighted by Crippen LogP contribution is -2.36. The normalized spacial score (nSPS) is 10.2. The molecule has 0 heterocycles. The van der Waals surface area contributed by atoms with Crippen molar-refractivity contribution >= 4 is 5.91 Å². The highest BCUT2D eigenvalue weighted by Gasteiger charge is 2.11. The fourth-order valence-electron chi connectivity index (χ4n) is 1.80. The Balaban J connectivity index is 2.47. The first-order chi connectivity index (χ1) is 8.27. The van der Waals surface area contributed by atoms with E-state index in [0.717, 1.165) is 19.4 Å². The Hall–Kier alpha value is -1.35. The molecule has 0 fully saturated rings. The number of hydrogen-bond acceptors (Lipinski definition) is 2. The quantitative estimate of drug-likeness (QED) is 0.782. The first-order valence-corrected chi connectivity index (χ1v) is 6.29. The largest absolute Gasteiger partial charge is 0.341 e. The maximum atomic E-state index is 11.8. The molecule has 2 N–H and O–H groups in total. The zero-order valence-electron chi connectivity index (χ0n) is 10.6. The molecule has 94 valence electrons. The van der Waals surface area contributed by atoms with Crippen molar-refractivity contribution in [1.29, 1.82) is 0 Å². The monoisotopic (exact) mass is 234 g/mol. The van der Waals surface area contributed by atoms with Crippen molar-refractivity contribution in [1.82, 2.24) is 4.90 Å². The Bertz CT molecular complexity index is 324. The zero-order valence-corrected chi connectivity index (χ0v) is 10.6. The molecule has 0 atom stereocenters. The van der Waals surface area contributed by atoms with E-state index in [9.17, 15) is 4.79 Å². The van der Waals surface area contributed by atoms with Crippen LogP contribution in [0.2, 0.25) is 0 Å². The number of amides is 1. The molecule has 0 saturated heterocycles. The molecule has 0 radical (unpaired) electrons. The summed E-state index contributed by atoms with van der Waals surface area (Å²) in [4.78, 5) is 13.7. The van der Waals surface area contributed by atoms with Crippen LogP contribution in [-0.2, 0) is 11.2 Å². The van der Waals surface area contributed by atoms with Crippen LogP contribution in [0.15, 0.2) is 30.3 Å². The molecule has 3 nitrogen and oxygen atoms in total. The minimum atomic E-state index is 0.217. The van der Waals surface area contributed by atoms with Gasteiger partial charge in [-0.15, -0.1) is 0 Å². The highest BCUT2D eigenvalue weighted by Crippen LogP contribution is 2.03. The number of benzene rings is 1. The summed E-state index contributed by atoms with van der Waals surface area (Å²) in [5, 5.41) is 0. The smallest absolute Gasteiger partial charge is 0.222 e. The summed E-state index contributed by atoms with van der Waals surface area (Å²) >= 11 is 0. The van der Waals surface area contributed by atoms with Gasteiger partial charge in [0.25, 0.3) is 0 Å². The van der Waals surface area contributed by atoms with E-state index in [1.54, 1.807) is 0 Å². The predicted octanol–water partition coefficient (Wildman–Crippen LogP) is 1.82. The van der Waals surface area contributed by atoms with Crippen LogP contribution in [0.5, 0.6) is 0 Å². The first-order valence-electron chi connectivity index (χ1n) is 6.29. The van der Waals surface area contributed by atoms with Gasteiger partial charge in [-0.05, 0) is 18.4 Å². The van der Waals surface area contributed by atoms with E-state index in [4.69, 9.17) is 5.73 Å². The standard InChI is InChI=1S/C14H22N2O/c1-2-6-14(17)16(12-10-15)11-9-13-7-4-3-5-8-13/h3-5,7-8H,2,6,9-12,15H2,1H3. The first kappa shape index (κ1) is 13.7. The van der Waals surface area contributed by atoms with Crippen molar-refractivity contribution in [3.8, 4) is 0 Å². The summed E-state index contributed by atoms with van der Waals surface area (Å²) in [6.07, 6.45) is 2.41. The summed E-state index contributed by atoms with van der Waals surface area (Å²) in [6.45, 7) is 3.98. The summed E-state index contributed by atoms with van der Waals surface area (Å²) < 4.78 is 0. The molecule has 17 heavy (non-hydrogen) atoms. The zero-order chi connectivity index (χ0) is 12.5. The molecular weight excluding hydrogens is 212 g/mol. The van der Waals surface area contributed by atoms with Crippen LogP contribution in [0.1, 0.15) is 25.3 Å². The minimum Gasteiger partial charge on any atom is -0.341 e. The lowest BCUT2D eigenvalue weighted by Gasteiger charge is -2.21. The van der Waals surface area contributed by atoms with Crippen LogP contribution in [0, 0.1) is 0 Å². The second-order valence-electron chi connectivity index (χ2n) is 4.16. The molecule has 3 heteroatoms. The van der Waals surface area contributed by atoms with Gasteiger partial charge in [-0.3, -0.25) is 4.79 Å². The second kappa shape index (κ2) is 7.85. The van der Waals surface area contributed by atoms with Gasteiger partial charge in [-0.1, -0.05) is 37.3 Å². The molecule has 1 aromatic rings. The average Bonchev–Trinajstić information content (AvgIpc) is 2.36. The van der Waals surface area contributed by atoms with Gasteiger partial charge in [0.05, 0.1) is 0 Å². The third-order valence-electron chi connectivity index (χ3n) is 2.73. The molecule has 1 amide bonds. The fourth-order valence-corrected chi connectivity index (χ4v) is 1.80. The van der Waals surface area contributed by atoms with Gasteiger partial charge in [0, 0.05) is 26.1 Å². The van der Waals surface area contributed by atoms with Gasteiger partial charge in [-0.25, -0.2) is 0 Å². The Morgan fingerprint density at radius 3 is 2.53 bits per heavy atom. The van der Waals surface area contributed by atoms with Crippen molar-refractivity contribution in [3.63, 3.8) is 0 Å². The van der Waals surface area contributed by atoms with E-state index in [1.165, 1.54) is 5.56 Å². The van der Waals surface area contributed by atoms with E-state index in [-0.39, 0.29) is 5.91 Å². The van der Waals surface area contributed by atoms with Crippen molar-refractivity contribution in [3.05, 3.63) is 35.9 Å². The molecular formula is C14H22N2O. The van der Waals surface area contributed by atoms with Crippen LogP contribution in [-0.4, -0.2) is 30.4 Å². The van der Waals surface area contributed by atoms with Crippen LogP contribution in [0.4, 0.5) is 0 Å². The van der Waals surface area contributed by atoms with Crippen molar-refractivity contribution in [2.45, 2.75) is 26.2 Å². The average molecular weight is 234 g/mol. The summed E-state index contributed by atoms with van der Waals surface area (Å²) in [7, 11) is 0. The number of nitrogens with two attached hydrogens (primary N) is 1. The Labute approximate surface area is 104 Å². The fraction of sp³-hybridized carbons (Fsp3) is 0.500. The molecule has 0 aromatic heterocycles. The van der Waals surface area contributed by atoms with E-state index in [2.05, 4.69) is 12.1 Å². The van der Waals surface area contributed by atoms with Crippen LogP contribution >= 0.6 is 0 Å². The topological polar surface area (TPSA) is 46.3 Å². The Morgan fingerprint density at radius 1 is 1.24 bits per heavy atom. The summed E-state index contributed by atoms with van der Waals surface area (Å²) in [6, 6.07) is 10.2. The molecule has 1 rings (SSSR count). The maximum Gasteiger partial charge on any atom is 0.222 e. The Morgan fingerprint density at radius 2 is 1.94 bits per heavy atom. The van der Waals surface area contributed by atoms with E-state index in [1.807, 2.05) is 30.0 Å². The number of rotatable bonds is 7. The summed E-state index contributed by atoms with van der Waals surface area (Å²) in [5.41, 5.74) is 6.80. The third-order valence-corrected chi connectivity index (χ3v) is 2.73. The van der Waals surface area contributed by atoms with E-state index < -0.39 is 0 Å². The third kappa shape index (κ3) is 5.00. The molecule has 1 aromatic carbocycles. The van der Waals surface area contributed by atoms with Crippen LogP contribution in [0.3, 0.4) is 0 Å². The lowest BCUT2D eigenvalue weighted by molar-refractivity contribution is -0.131. The molecule has 0 aliphatic carbocycles. The van der Waals surface area contributed by atoms with Crippen LogP contribution in [0.25, 0.3) is 0 Å². The molecule has 0 aliphatic heterocycles. The lowest BCUT2D eigenvalue weighted by atomic mass is 10.1. The number of carbonyl (C=O) groups excluding carboxylic acids is 1. The molecule has 0 aliphatic rings. The van der Waals surface area contributed by atoms with E-state index >= 15 is 0 Å². The molecule has 0 bridgehead atoms. The van der Waals surface area contributed by atoms with Crippen molar-refractivity contribution in [2.24, 2.45) is 5.73 Å². The SMILES string of the molecule is CCCC(=O)N(CCN)CCc1ccccc1.